The Bertz CT molecular complexity index is 972. The van der Waals surface area contributed by atoms with E-state index in [1.54, 1.807) is 14.0 Å². The molecule has 5 rings (SSSR count). The van der Waals surface area contributed by atoms with Crippen LogP contribution in [-0.4, -0.2) is 47.8 Å². The number of allylic oxidation sites excluding steroid dienone is 1. The highest BCUT2D eigenvalue weighted by molar-refractivity contribution is 5.93. The van der Waals surface area contributed by atoms with Crippen molar-refractivity contribution in [1.29, 1.82) is 0 Å². The van der Waals surface area contributed by atoms with Crippen LogP contribution in [0.1, 0.15) is 98.3 Å². The number of methoxy groups -OCH3 is 1. The fraction of sp³-hybridized carbons (Fsp3) is 0.774. The molecule has 1 aliphatic carbocycles. The highest BCUT2D eigenvalue weighted by Gasteiger charge is 2.53. The maximum atomic E-state index is 12.4. The van der Waals surface area contributed by atoms with Crippen LogP contribution in [0, 0.1) is 23.2 Å². The third-order valence-corrected chi connectivity index (χ3v) is 9.77. The zero-order valence-corrected chi connectivity index (χ0v) is 23.6. The zero-order chi connectivity index (χ0) is 26.3. The quantitative estimate of drug-likeness (QED) is 0.426. The van der Waals surface area contributed by atoms with Crippen molar-refractivity contribution in [2.75, 3.05) is 13.7 Å². The van der Waals surface area contributed by atoms with Crippen LogP contribution in [0.15, 0.2) is 34.7 Å². The molecule has 0 radical (unpaired) electrons. The number of cyclic esters (lactones) is 1. The monoisotopic (exact) mass is 513 g/mol. The van der Waals surface area contributed by atoms with E-state index in [0.717, 1.165) is 50.2 Å². The van der Waals surface area contributed by atoms with Gasteiger partial charge in [-0.15, -0.1) is 0 Å². The third-order valence-electron chi connectivity index (χ3n) is 9.77. The lowest BCUT2D eigenvalue weighted by Crippen LogP contribution is -2.57. The summed E-state index contributed by atoms with van der Waals surface area (Å²) in [6.45, 7) is 9.50. The van der Waals surface area contributed by atoms with Gasteiger partial charge in [0.05, 0.1) is 18.8 Å². The number of nitrogens with zero attached hydrogens (tertiary/aromatic N) is 1. The van der Waals surface area contributed by atoms with Gasteiger partial charge in [-0.3, -0.25) is 4.90 Å². The van der Waals surface area contributed by atoms with E-state index in [9.17, 15) is 9.90 Å². The molecule has 4 heterocycles. The first-order chi connectivity index (χ1) is 17.7. The second-order valence-corrected chi connectivity index (χ2v) is 12.8. The number of aliphatic hydroxyl groups excluding tert-OH is 1. The first-order valence-electron chi connectivity index (χ1n) is 14.8. The average molecular weight is 514 g/mol. The zero-order valence-electron chi connectivity index (χ0n) is 23.6. The fourth-order valence-corrected chi connectivity index (χ4v) is 7.83. The number of piperidine rings is 1. The van der Waals surface area contributed by atoms with Gasteiger partial charge in [0.15, 0.2) is 11.5 Å². The number of esters is 1. The smallest absolute Gasteiger partial charge is 0.343 e. The van der Waals surface area contributed by atoms with Gasteiger partial charge in [-0.05, 0) is 51.0 Å². The molecule has 0 aromatic heterocycles. The Morgan fingerprint density at radius 2 is 1.89 bits per heavy atom. The van der Waals surface area contributed by atoms with Crippen molar-refractivity contribution < 1.29 is 24.1 Å². The summed E-state index contributed by atoms with van der Waals surface area (Å²) in [5, 5.41) is 11.5. The van der Waals surface area contributed by atoms with Crippen LogP contribution < -0.4 is 0 Å². The van der Waals surface area contributed by atoms with Crippen LogP contribution in [0.4, 0.5) is 0 Å². The molecule has 1 saturated carbocycles. The highest BCUT2D eigenvalue weighted by atomic mass is 16.6. The Hall–Kier alpha value is -1.79. The van der Waals surface area contributed by atoms with Gasteiger partial charge < -0.3 is 19.3 Å². The highest BCUT2D eigenvalue weighted by Crippen LogP contribution is 2.53. The lowest BCUT2D eigenvalue weighted by molar-refractivity contribution is -0.133. The first kappa shape index (κ1) is 26.8. The summed E-state index contributed by atoms with van der Waals surface area (Å²) in [5.41, 5.74) is 0.574. The molecule has 1 N–H and O–H groups in total. The number of aliphatic hydroxyl groups is 1. The minimum atomic E-state index is -0.358. The summed E-state index contributed by atoms with van der Waals surface area (Å²) in [5.74, 6) is 3.29. The normalized spacial score (nSPS) is 34.6. The van der Waals surface area contributed by atoms with E-state index in [1.165, 1.54) is 38.5 Å². The molecule has 0 aromatic rings. The summed E-state index contributed by atoms with van der Waals surface area (Å²) < 4.78 is 18.0. The molecule has 2 saturated heterocycles. The SMILES string of the molecule is COC1=C(C)C(=O)OC1=C1OC2=CC3(CCCCC3)CN3C(C(O)CCCC(C)C)CCCC3C2C1C. The number of ether oxygens (including phenoxy) is 3. The van der Waals surface area contributed by atoms with Crippen molar-refractivity contribution in [2.45, 2.75) is 117 Å². The molecule has 6 nitrogen and oxygen atoms in total. The summed E-state index contributed by atoms with van der Waals surface area (Å²) in [7, 11) is 1.59. The number of hydrogen-bond acceptors (Lipinski definition) is 6. The number of rotatable bonds is 6. The number of hydrogen-bond donors (Lipinski definition) is 1. The van der Waals surface area contributed by atoms with Gasteiger partial charge in [0.1, 0.15) is 5.76 Å². The van der Waals surface area contributed by atoms with Gasteiger partial charge in [-0.25, -0.2) is 4.79 Å². The first-order valence-corrected chi connectivity index (χ1v) is 14.8. The number of carbonyl (C=O) groups is 1. The summed E-state index contributed by atoms with van der Waals surface area (Å²) in [6, 6.07) is 0.509. The molecule has 5 aliphatic rings. The van der Waals surface area contributed by atoms with E-state index in [1.807, 2.05) is 0 Å². The van der Waals surface area contributed by atoms with E-state index in [-0.39, 0.29) is 35.4 Å². The maximum Gasteiger partial charge on any atom is 0.343 e. The summed E-state index contributed by atoms with van der Waals surface area (Å²) in [4.78, 5) is 15.1. The molecule has 6 heteroatoms. The van der Waals surface area contributed by atoms with Crippen LogP contribution in [0.25, 0.3) is 0 Å². The van der Waals surface area contributed by atoms with Crippen LogP contribution in [0.2, 0.25) is 0 Å². The predicted molar refractivity (Wildman–Crippen MR) is 143 cm³/mol. The number of carbonyl (C=O) groups excluding carboxylic acids is 1. The molecule has 0 aromatic carbocycles. The van der Waals surface area contributed by atoms with E-state index in [0.29, 0.717) is 29.1 Å². The Kier molecular flexibility index (Phi) is 7.80. The Balaban J connectivity index is 1.51. The molecular weight excluding hydrogens is 466 g/mol. The van der Waals surface area contributed by atoms with Crippen LogP contribution in [-0.2, 0) is 19.0 Å². The van der Waals surface area contributed by atoms with Crippen molar-refractivity contribution in [1.82, 2.24) is 4.90 Å². The van der Waals surface area contributed by atoms with Crippen molar-refractivity contribution in [2.24, 2.45) is 23.2 Å². The minimum absolute atomic E-state index is 0.0631. The van der Waals surface area contributed by atoms with Gasteiger partial charge in [0.25, 0.3) is 0 Å². The standard InChI is InChI=1S/C31H47NO5/c1-19(2)11-9-14-24(33)22-12-10-13-23-26-20(3)28(29-27(35-5)21(4)30(34)37-29)36-25(26)17-31(18-32(22)23)15-7-6-8-16-31/h17,19-20,22-24,26,33H,6-16,18H2,1-5H3. The topological polar surface area (TPSA) is 68.2 Å². The summed E-state index contributed by atoms with van der Waals surface area (Å²) in [6.07, 6.45) is 14.7. The molecular formula is C31H47NO5. The second kappa shape index (κ2) is 10.8. The molecule has 0 bridgehead atoms. The Labute approximate surface area is 223 Å². The van der Waals surface area contributed by atoms with Crippen molar-refractivity contribution in [3.8, 4) is 0 Å². The average Bonchev–Trinajstić information content (AvgIpc) is 3.28. The van der Waals surface area contributed by atoms with E-state index >= 15 is 0 Å². The fourth-order valence-electron chi connectivity index (χ4n) is 7.83. The van der Waals surface area contributed by atoms with Crippen LogP contribution >= 0.6 is 0 Å². The Morgan fingerprint density at radius 3 is 2.59 bits per heavy atom. The van der Waals surface area contributed by atoms with Crippen LogP contribution in [0.3, 0.4) is 0 Å². The van der Waals surface area contributed by atoms with Crippen molar-refractivity contribution >= 4 is 5.97 Å². The Morgan fingerprint density at radius 1 is 1.14 bits per heavy atom. The molecule has 5 atom stereocenters. The molecule has 5 unspecified atom stereocenters. The molecule has 1 spiro atoms. The minimum Gasteiger partial charge on any atom is -0.492 e. The van der Waals surface area contributed by atoms with Gasteiger partial charge >= 0.3 is 5.97 Å². The largest absolute Gasteiger partial charge is 0.492 e. The number of fused-ring (bicyclic) bond motifs is 3. The van der Waals surface area contributed by atoms with Gasteiger partial charge in [0.2, 0.25) is 5.76 Å². The van der Waals surface area contributed by atoms with Crippen molar-refractivity contribution in [3.63, 3.8) is 0 Å². The molecule has 206 valence electrons. The lowest BCUT2D eigenvalue weighted by atomic mass is 9.73. The van der Waals surface area contributed by atoms with Gasteiger partial charge in [-0.1, -0.05) is 59.3 Å². The van der Waals surface area contributed by atoms with Crippen molar-refractivity contribution in [3.05, 3.63) is 34.7 Å². The summed E-state index contributed by atoms with van der Waals surface area (Å²) >= 11 is 0. The lowest BCUT2D eigenvalue weighted by Gasteiger charge is -2.49. The van der Waals surface area contributed by atoms with E-state index in [4.69, 9.17) is 14.2 Å². The molecule has 37 heavy (non-hydrogen) atoms. The van der Waals surface area contributed by atoms with Gasteiger partial charge in [0, 0.05) is 35.9 Å². The molecule has 4 aliphatic heterocycles. The third kappa shape index (κ3) is 5.01. The second-order valence-electron chi connectivity index (χ2n) is 12.8. The van der Waals surface area contributed by atoms with E-state index < -0.39 is 0 Å². The maximum absolute atomic E-state index is 12.4. The molecule has 3 fully saturated rings. The predicted octanol–water partition coefficient (Wildman–Crippen LogP) is 6.22. The molecule has 0 amide bonds. The van der Waals surface area contributed by atoms with Gasteiger partial charge in [-0.2, -0.15) is 0 Å². The van der Waals surface area contributed by atoms with Crippen LogP contribution in [0.5, 0.6) is 0 Å². The van der Waals surface area contributed by atoms with E-state index in [2.05, 4.69) is 31.7 Å².